The summed E-state index contributed by atoms with van der Waals surface area (Å²) in [6.07, 6.45) is -3.28. The molecule has 1 aromatic heterocycles. The minimum absolute atomic E-state index is 0.315. The SMILES string of the molecule is O=C(NC=S)NCc1ccc(-c2ncn(-c3ccc(OC(F)(F)F)cc3)n2)cc1. The van der Waals surface area contributed by atoms with Crippen molar-refractivity contribution in [2.75, 3.05) is 0 Å². The highest BCUT2D eigenvalue weighted by Gasteiger charge is 2.30. The Morgan fingerprint density at radius 3 is 2.45 bits per heavy atom. The highest BCUT2D eigenvalue weighted by Crippen LogP contribution is 2.24. The number of alkyl halides is 3. The van der Waals surface area contributed by atoms with Gasteiger partial charge in [0.05, 0.1) is 11.2 Å². The third-order valence-electron chi connectivity index (χ3n) is 3.68. The van der Waals surface area contributed by atoms with E-state index in [4.69, 9.17) is 0 Å². The van der Waals surface area contributed by atoms with Gasteiger partial charge in [-0.25, -0.2) is 14.5 Å². The molecule has 3 aromatic rings. The van der Waals surface area contributed by atoms with E-state index in [0.717, 1.165) is 16.6 Å². The Morgan fingerprint density at radius 2 is 1.83 bits per heavy atom. The van der Waals surface area contributed by atoms with Gasteiger partial charge < -0.3 is 15.4 Å². The summed E-state index contributed by atoms with van der Waals surface area (Å²) in [6, 6.07) is 12.1. The van der Waals surface area contributed by atoms with E-state index in [0.29, 0.717) is 18.1 Å². The summed E-state index contributed by atoms with van der Waals surface area (Å²) in [5, 5.41) is 9.31. The first-order valence-electron chi connectivity index (χ1n) is 8.19. The number of hydrogen-bond acceptors (Lipinski definition) is 5. The summed E-state index contributed by atoms with van der Waals surface area (Å²) in [6.45, 7) is 0.323. The van der Waals surface area contributed by atoms with Crippen molar-refractivity contribution in [2.24, 2.45) is 0 Å². The van der Waals surface area contributed by atoms with Gasteiger partial charge in [-0.1, -0.05) is 36.5 Å². The van der Waals surface area contributed by atoms with Gasteiger partial charge in [-0.15, -0.1) is 18.3 Å². The zero-order chi connectivity index (χ0) is 20.9. The Balaban J connectivity index is 1.66. The number of thiocarbonyl (C=S) groups is 1. The molecule has 0 unspecified atom stereocenters. The van der Waals surface area contributed by atoms with Crippen LogP contribution in [0.25, 0.3) is 17.1 Å². The van der Waals surface area contributed by atoms with E-state index in [2.05, 4.69) is 37.7 Å². The largest absolute Gasteiger partial charge is 0.573 e. The summed E-state index contributed by atoms with van der Waals surface area (Å²) in [5.41, 5.74) is 3.27. The summed E-state index contributed by atoms with van der Waals surface area (Å²) in [4.78, 5) is 15.5. The molecule has 0 atom stereocenters. The van der Waals surface area contributed by atoms with Gasteiger partial charge in [0.2, 0.25) is 0 Å². The smallest absolute Gasteiger partial charge is 0.406 e. The van der Waals surface area contributed by atoms with Crippen molar-refractivity contribution in [1.82, 2.24) is 25.4 Å². The van der Waals surface area contributed by atoms with Gasteiger partial charge in [-0.3, -0.25) is 0 Å². The first-order valence-corrected chi connectivity index (χ1v) is 8.66. The minimum atomic E-state index is -4.74. The van der Waals surface area contributed by atoms with Crippen LogP contribution in [-0.2, 0) is 6.54 Å². The zero-order valence-electron chi connectivity index (χ0n) is 14.7. The molecule has 29 heavy (non-hydrogen) atoms. The Labute approximate surface area is 168 Å². The van der Waals surface area contributed by atoms with Crippen LogP contribution < -0.4 is 15.4 Å². The molecule has 2 amide bonds. The van der Waals surface area contributed by atoms with Gasteiger partial charge >= 0.3 is 12.4 Å². The fourth-order valence-electron chi connectivity index (χ4n) is 2.38. The molecule has 1 heterocycles. The Hall–Kier alpha value is -3.47. The van der Waals surface area contributed by atoms with Crippen LogP contribution in [0.2, 0.25) is 0 Å². The lowest BCUT2D eigenvalue weighted by Crippen LogP contribution is -2.33. The maximum absolute atomic E-state index is 12.2. The van der Waals surface area contributed by atoms with E-state index in [9.17, 15) is 18.0 Å². The zero-order valence-corrected chi connectivity index (χ0v) is 15.5. The van der Waals surface area contributed by atoms with E-state index in [-0.39, 0.29) is 5.75 Å². The third kappa shape index (κ3) is 5.75. The molecule has 3 rings (SSSR count). The second-order valence-electron chi connectivity index (χ2n) is 5.70. The van der Waals surface area contributed by atoms with Gasteiger partial charge in [-0.05, 0) is 29.8 Å². The highest BCUT2D eigenvalue weighted by atomic mass is 32.1. The summed E-state index contributed by atoms with van der Waals surface area (Å²) in [7, 11) is 0. The number of rotatable bonds is 6. The van der Waals surface area contributed by atoms with Gasteiger partial charge in [0.25, 0.3) is 0 Å². The molecule has 0 radical (unpaired) electrons. The first-order chi connectivity index (χ1) is 13.8. The lowest BCUT2D eigenvalue weighted by atomic mass is 10.1. The van der Waals surface area contributed by atoms with Crippen LogP contribution in [-0.4, -0.2) is 32.6 Å². The molecule has 0 bridgehead atoms. The predicted octanol–water partition coefficient (Wildman–Crippen LogP) is 3.59. The Morgan fingerprint density at radius 1 is 1.14 bits per heavy atom. The average molecular weight is 421 g/mol. The molecule has 0 spiro atoms. The Bertz CT molecular complexity index is 988. The van der Waals surface area contributed by atoms with E-state index < -0.39 is 12.4 Å². The lowest BCUT2D eigenvalue weighted by molar-refractivity contribution is -0.274. The summed E-state index contributed by atoms with van der Waals surface area (Å²) in [5.74, 6) is 0.128. The number of nitrogens with zero attached hydrogens (tertiary/aromatic N) is 3. The van der Waals surface area contributed by atoms with Gasteiger partial charge in [-0.2, -0.15) is 0 Å². The first kappa shape index (κ1) is 20.3. The molecule has 0 saturated heterocycles. The number of nitrogens with one attached hydrogen (secondary N) is 2. The molecule has 150 valence electrons. The van der Waals surface area contributed by atoms with Crippen LogP contribution in [0, 0.1) is 0 Å². The van der Waals surface area contributed by atoms with E-state index in [1.54, 1.807) is 12.1 Å². The highest BCUT2D eigenvalue weighted by molar-refractivity contribution is 7.78. The third-order valence-corrected chi connectivity index (χ3v) is 3.80. The molecule has 0 fully saturated rings. The lowest BCUT2D eigenvalue weighted by Gasteiger charge is -2.09. The fourth-order valence-corrected chi connectivity index (χ4v) is 2.49. The van der Waals surface area contributed by atoms with Crippen molar-refractivity contribution in [2.45, 2.75) is 12.9 Å². The molecule has 2 N–H and O–H groups in total. The number of aromatic nitrogens is 3. The monoisotopic (exact) mass is 421 g/mol. The van der Waals surface area contributed by atoms with Crippen LogP contribution in [0.15, 0.2) is 54.9 Å². The average Bonchev–Trinajstić information content (AvgIpc) is 3.16. The van der Waals surface area contributed by atoms with E-state index in [1.807, 2.05) is 12.1 Å². The van der Waals surface area contributed by atoms with Gasteiger partial charge in [0.15, 0.2) is 5.82 Å². The van der Waals surface area contributed by atoms with Crippen molar-refractivity contribution < 1.29 is 22.7 Å². The maximum atomic E-state index is 12.2. The molecule has 0 aliphatic heterocycles. The molecule has 7 nitrogen and oxygen atoms in total. The quantitative estimate of drug-likeness (QED) is 0.595. The van der Waals surface area contributed by atoms with Gasteiger partial charge in [0, 0.05) is 12.1 Å². The van der Waals surface area contributed by atoms with Gasteiger partial charge in [0.1, 0.15) is 12.1 Å². The molecule has 0 saturated carbocycles. The number of amides is 2. The molecule has 2 aromatic carbocycles. The van der Waals surface area contributed by atoms with Crippen molar-refractivity contribution in [3.8, 4) is 22.8 Å². The van der Waals surface area contributed by atoms with Crippen molar-refractivity contribution in [3.05, 3.63) is 60.4 Å². The molecule has 0 aliphatic rings. The van der Waals surface area contributed by atoms with E-state index >= 15 is 0 Å². The van der Waals surface area contributed by atoms with Crippen LogP contribution in [0.1, 0.15) is 5.56 Å². The summed E-state index contributed by atoms with van der Waals surface area (Å²) < 4.78 is 42.0. The molecular formula is C18H14F3N5O2S. The molecule has 0 aliphatic carbocycles. The van der Waals surface area contributed by atoms with E-state index in [1.165, 1.54) is 35.3 Å². The van der Waals surface area contributed by atoms with Crippen LogP contribution in [0.4, 0.5) is 18.0 Å². The topological polar surface area (TPSA) is 81.1 Å². The minimum Gasteiger partial charge on any atom is -0.406 e. The van der Waals surface area contributed by atoms with Crippen LogP contribution >= 0.6 is 12.2 Å². The molecule has 11 heteroatoms. The second-order valence-corrected chi connectivity index (χ2v) is 5.93. The maximum Gasteiger partial charge on any atom is 0.573 e. The predicted molar refractivity (Wildman–Crippen MR) is 103 cm³/mol. The number of urea groups is 1. The normalized spacial score (nSPS) is 11.0. The molecular weight excluding hydrogens is 407 g/mol. The van der Waals surface area contributed by atoms with Crippen LogP contribution in [0.3, 0.4) is 0 Å². The number of hydrogen-bond donors (Lipinski definition) is 2. The number of benzene rings is 2. The Kier molecular flexibility index (Phi) is 6.07. The number of carbonyl (C=O) groups is 1. The fraction of sp³-hybridized carbons (Fsp3) is 0.111. The van der Waals surface area contributed by atoms with Crippen molar-refractivity contribution in [3.63, 3.8) is 0 Å². The number of carbonyl (C=O) groups excluding carboxylic acids is 1. The number of ether oxygens (including phenoxy) is 1. The van der Waals surface area contributed by atoms with Crippen molar-refractivity contribution in [1.29, 1.82) is 0 Å². The second kappa shape index (κ2) is 8.69. The number of halogens is 3. The summed E-state index contributed by atoms with van der Waals surface area (Å²) >= 11 is 4.53. The van der Waals surface area contributed by atoms with Crippen molar-refractivity contribution >= 4 is 23.7 Å². The standard InChI is InChI=1S/C18H14F3N5O2S/c19-18(20,21)28-15-7-5-14(6-8-15)26-10-23-16(25-26)13-3-1-12(2-4-13)9-22-17(27)24-11-29/h1-8,10-11H,9H2,(H2,22,24,27,29). The van der Waals surface area contributed by atoms with Crippen LogP contribution in [0.5, 0.6) is 5.75 Å².